The van der Waals surface area contributed by atoms with Crippen LogP contribution >= 0.6 is 0 Å². The molecule has 0 amide bonds. The number of pyridine rings is 1. The lowest BCUT2D eigenvalue weighted by molar-refractivity contribution is 1.18. The highest BCUT2D eigenvalue weighted by molar-refractivity contribution is 6.29. The van der Waals surface area contributed by atoms with E-state index in [-0.39, 0.29) is 0 Å². The van der Waals surface area contributed by atoms with E-state index < -0.39 is 0 Å². The van der Waals surface area contributed by atoms with Crippen LogP contribution in [0.3, 0.4) is 0 Å². The predicted molar refractivity (Wildman–Crippen MR) is 270 cm³/mol. The van der Waals surface area contributed by atoms with E-state index in [9.17, 15) is 0 Å². The van der Waals surface area contributed by atoms with Gasteiger partial charge in [-0.05, 0) is 100 Å². The number of para-hydroxylation sites is 3. The lowest BCUT2D eigenvalue weighted by Gasteiger charge is -2.26. The molecule has 3 nitrogen and oxygen atoms in total. The summed E-state index contributed by atoms with van der Waals surface area (Å²) < 4.78 is 2.39. The Labute approximate surface area is 372 Å². The zero-order chi connectivity index (χ0) is 42.4. The van der Waals surface area contributed by atoms with Crippen LogP contribution in [0.15, 0.2) is 249 Å². The van der Waals surface area contributed by atoms with Crippen molar-refractivity contribution in [3.05, 3.63) is 249 Å². The second-order valence-corrected chi connectivity index (χ2v) is 16.3. The minimum absolute atomic E-state index is 0.987. The number of benzene rings is 10. The van der Waals surface area contributed by atoms with Crippen molar-refractivity contribution in [2.24, 2.45) is 0 Å². The van der Waals surface area contributed by atoms with Crippen LogP contribution in [0.1, 0.15) is 0 Å². The molecule has 2 aromatic heterocycles. The molecular formula is C61H41N3. The van der Waals surface area contributed by atoms with Gasteiger partial charge in [0.25, 0.3) is 0 Å². The summed E-state index contributed by atoms with van der Waals surface area (Å²) in [6.45, 7) is 0. The van der Waals surface area contributed by atoms with Gasteiger partial charge in [-0.25, -0.2) is 4.98 Å². The number of rotatable bonds is 8. The zero-order valence-corrected chi connectivity index (χ0v) is 35.0. The molecule has 0 unspecified atom stereocenters. The van der Waals surface area contributed by atoms with Crippen LogP contribution in [0.2, 0.25) is 0 Å². The maximum atomic E-state index is 5.35. The van der Waals surface area contributed by atoms with Crippen LogP contribution in [0.5, 0.6) is 0 Å². The first-order valence-electron chi connectivity index (χ1n) is 21.9. The topological polar surface area (TPSA) is 21.1 Å². The second-order valence-electron chi connectivity index (χ2n) is 16.3. The van der Waals surface area contributed by atoms with Gasteiger partial charge in [0.05, 0.1) is 22.2 Å². The Morgan fingerprint density at radius 2 is 0.703 bits per heavy atom. The van der Waals surface area contributed by atoms with E-state index in [1.807, 2.05) is 0 Å². The largest absolute Gasteiger partial charge is 0.311 e. The van der Waals surface area contributed by atoms with Gasteiger partial charge < -0.3 is 9.47 Å². The van der Waals surface area contributed by atoms with Crippen molar-refractivity contribution in [1.29, 1.82) is 0 Å². The molecule has 0 aliphatic carbocycles. The van der Waals surface area contributed by atoms with Crippen molar-refractivity contribution >= 4 is 60.5 Å². The first kappa shape index (κ1) is 37.2. The Bertz CT molecular complexity index is 3510. The molecule has 12 rings (SSSR count). The van der Waals surface area contributed by atoms with Crippen LogP contribution in [0.4, 0.5) is 17.1 Å². The van der Waals surface area contributed by atoms with E-state index in [1.165, 1.54) is 49.4 Å². The lowest BCUT2D eigenvalue weighted by atomic mass is 9.95. The molecule has 0 N–H and O–H groups in total. The molecule has 0 aliphatic rings. The predicted octanol–water partition coefficient (Wildman–Crippen LogP) is 16.6. The highest BCUT2D eigenvalue weighted by Crippen LogP contribution is 2.43. The molecule has 0 atom stereocenters. The van der Waals surface area contributed by atoms with Crippen molar-refractivity contribution in [1.82, 2.24) is 9.55 Å². The van der Waals surface area contributed by atoms with Crippen LogP contribution in [0, 0.1) is 0 Å². The summed E-state index contributed by atoms with van der Waals surface area (Å²) in [4.78, 5) is 7.68. The molecule has 0 spiro atoms. The van der Waals surface area contributed by atoms with E-state index >= 15 is 0 Å². The fraction of sp³-hybridized carbons (Fsp3) is 0. The van der Waals surface area contributed by atoms with Gasteiger partial charge in [-0.2, -0.15) is 0 Å². The van der Waals surface area contributed by atoms with E-state index in [4.69, 9.17) is 4.98 Å². The minimum Gasteiger partial charge on any atom is -0.311 e. The summed E-state index contributed by atoms with van der Waals surface area (Å²) in [5.74, 6) is 0. The third-order valence-corrected chi connectivity index (χ3v) is 12.6. The summed E-state index contributed by atoms with van der Waals surface area (Å²) >= 11 is 0. The zero-order valence-electron chi connectivity index (χ0n) is 35.0. The Kier molecular flexibility index (Phi) is 9.16. The molecule has 0 saturated heterocycles. The number of hydrogen-bond donors (Lipinski definition) is 0. The van der Waals surface area contributed by atoms with Gasteiger partial charge in [0, 0.05) is 55.2 Å². The normalized spacial score (nSPS) is 11.4. The van der Waals surface area contributed by atoms with Crippen molar-refractivity contribution in [3.63, 3.8) is 0 Å². The molecule has 0 fully saturated rings. The van der Waals surface area contributed by atoms with Gasteiger partial charge in [-0.1, -0.05) is 182 Å². The summed E-state index contributed by atoms with van der Waals surface area (Å²) in [7, 11) is 0. The Balaban J connectivity index is 0.918. The Hall–Kier alpha value is -8.53. The SMILES string of the molecule is c1ccc(-c2ccc(N(c3ccc(-c4ccccc4)cc3)c3ccc(-c4ccc(-c5nc6ccccc6c6c5ccc5c6c6ccccc6n5-c5ccccc5)cc4)cc3)cc2)cc1. The second kappa shape index (κ2) is 15.7. The monoisotopic (exact) mass is 815 g/mol. The van der Waals surface area contributed by atoms with Gasteiger partial charge in [0.15, 0.2) is 0 Å². The summed E-state index contributed by atoms with van der Waals surface area (Å²) in [6.07, 6.45) is 0. The van der Waals surface area contributed by atoms with Crippen molar-refractivity contribution < 1.29 is 0 Å². The minimum atomic E-state index is 0.987. The molecule has 0 saturated carbocycles. The quantitative estimate of drug-likeness (QED) is 0.142. The van der Waals surface area contributed by atoms with Crippen LogP contribution in [-0.4, -0.2) is 9.55 Å². The first-order valence-corrected chi connectivity index (χ1v) is 21.9. The van der Waals surface area contributed by atoms with Crippen LogP contribution in [0.25, 0.3) is 93.8 Å². The van der Waals surface area contributed by atoms with Crippen molar-refractivity contribution in [2.45, 2.75) is 0 Å². The molecule has 0 radical (unpaired) electrons. The van der Waals surface area contributed by atoms with Crippen LogP contribution < -0.4 is 4.90 Å². The van der Waals surface area contributed by atoms with E-state index in [0.717, 1.165) is 61.4 Å². The highest BCUT2D eigenvalue weighted by atomic mass is 15.1. The van der Waals surface area contributed by atoms with Crippen LogP contribution in [-0.2, 0) is 0 Å². The van der Waals surface area contributed by atoms with Gasteiger partial charge in [0.2, 0.25) is 0 Å². The smallest absolute Gasteiger partial charge is 0.0788 e. The van der Waals surface area contributed by atoms with E-state index in [0.29, 0.717) is 0 Å². The van der Waals surface area contributed by atoms with Gasteiger partial charge in [-0.3, -0.25) is 0 Å². The molecule has 300 valence electrons. The fourth-order valence-corrected chi connectivity index (χ4v) is 9.51. The summed E-state index contributed by atoms with van der Waals surface area (Å²) in [5.41, 5.74) is 17.0. The molecule has 10 aromatic carbocycles. The molecule has 12 aromatic rings. The molecule has 2 heterocycles. The molecule has 0 bridgehead atoms. The number of fused-ring (bicyclic) bond motifs is 7. The Morgan fingerprint density at radius 3 is 1.25 bits per heavy atom. The fourth-order valence-electron chi connectivity index (χ4n) is 9.51. The van der Waals surface area contributed by atoms with Crippen molar-refractivity contribution in [3.8, 4) is 50.3 Å². The molecule has 3 heteroatoms. The van der Waals surface area contributed by atoms with Crippen molar-refractivity contribution in [2.75, 3.05) is 4.90 Å². The number of nitrogens with zero attached hydrogens (tertiary/aromatic N) is 3. The standard InChI is InChI=1S/C61H41N3/c1-4-14-42(15-5-1)45-28-34-50(35-29-45)63(51-36-30-46(31-37-51)43-16-6-2-7-17-43)52-38-32-47(33-39-52)44-24-26-48(27-25-44)61-55-40-41-58-60(59(55)53-20-10-12-22-56(53)62-61)54-21-11-13-23-57(54)64(58)49-18-8-3-9-19-49/h1-41H. The van der Waals surface area contributed by atoms with Gasteiger partial charge in [-0.15, -0.1) is 0 Å². The average molecular weight is 816 g/mol. The first-order chi connectivity index (χ1) is 31.7. The summed E-state index contributed by atoms with van der Waals surface area (Å²) in [5, 5.41) is 6.03. The van der Waals surface area contributed by atoms with Gasteiger partial charge >= 0.3 is 0 Å². The van der Waals surface area contributed by atoms with E-state index in [1.54, 1.807) is 0 Å². The third-order valence-electron chi connectivity index (χ3n) is 12.6. The number of anilines is 3. The molecule has 64 heavy (non-hydrogen) atoms. The Morgan fingerprint density at radius 1 is 0.281 bits per heavy atom. The molecular weight excluding hydrogens is 775 g/mol. The summed E-state index contributed by atoms with van der Waals surface area (Å²) in [6, 6.07) is 89.2. The average Bonchev–Trinajstić information content (AvgIpc) is 3.72. The maximum absolute atomic E-state index is 5.35. The number of hydrogen-bond acceptors (Lipinski definition) is 2. The van der Waals surface area contributed by atoms with Gasteiger partial charge in [0.1, 0.15) is 0 Å². The third kappa shape index (κ3) is 6.50. The molecule has 0 aliphatic heterocycles. The van der Waals surface area contributed by atoms with E-state index in [2.05, 4.69) is 258 Å². The number of aromatic nitrogens is 2. The highest BCUT2D eigenvalue weighted by Gasteiger charge is 2.20. The maximum Gasteiger partial charge on any atom is 0.0788 e. The lowest BCUT2D eigenvalue weighted by Crippen LogP contribution is -2.09.